The van der Waals surface area contributed by atoms with E-state index in [0.717, 1.165) is 11.3 Å². The van der Waals surface area contributed by atoms with Crippen molar-refractivity contribution in [1.29, 1.82) is 0 Å². The fraction of sp³-hybridized carbons (Fsp3) is 0.208. The number of aromatic nitrogens is 4. The van der Waals surface area contributed by atoms with Crippen LogP contribution in [0, 0.1) is 13.8 Å². The van der Waals surface area contributed by atoms with Gasteiger partial charge in [-0.05, 0) is 50.2 Å². The van der Waals surface area contributed by atoms with Crippen molar-refractivity contribution in [2.24, 2.45) is 0 Å². The van der Waals surface area contributed by atoms with E-state index in [1.807, 2.05) is 31.2 Å². The molecule has 2 aromatic carbocycles. The second-order valence-corrected chi connectivity index (χ2v) is 7.80. The first-order valence-electron chi connectivity index (χ1n) is 10.5. The molecule has 2 N–H and O–H groups in total. The zero-order valence-corrected chi connectivity index (χ0v) is 18.6. The van der Waals surface area contributed by atoms with Crippen LogP contribution in [0.25, 0.3) is 16.7 Å². The molecule has 4 aromatic rings. The summed E-state index contributed by atoms with van der Waals surface area (Å²) in [5.74, 6) is 0.112. The van der Waals surface area contributed by atoms with Gasteiger partial charge in [0.15, 0.2) is 5.65 Å². The number of nitrogens with one attached hydrogen (secondary N) is 2. The van der Waals surface area contributed by atoms with E-state index < -0.39 is 0 Å². The highest BCUT2D eigenvalue weighted by Gasteiger charge is 2.15. The molecule has 0 saturated heterocycles. The lowest BCUT2D eigenvalue weighted by atomic mass is 10.2. The number of fused-ring (bicyclic) bond motifs is 1. The highest BCUT2D eigenvalue weighted by Crippen LogP contribution is 2.16. The summed E-state index contributed by atoms with van der Waals surface area (Å²) in [5.41, 5.74) is 3.45. The summed E-state index contributed by atoms with van der Waals surface area (Å²) >= 11 is 0. The quantitative estimate of drug-likeness (QED) is 0.475. The van der Waals surface area contributed by atoms with Crippen molar-refractivity contribution in [2.75, 3.05) is 10.6 Å². The Labute approximate surface area is 190 Å². The first kappa shape index (κ1) is 21.9. The van der Waals surface area contributed by atoms with Gasteiger partial charge in [-0.1, -0.05) is 17.7 Å². The number of benzene rings is 2. The van der Waals surface area contributed by atoms with E-state index in [-0.39, 0.29) is 30.3 Å². The molecule has 2 amide bonds. The highest BCUT2D eigenvalue weighted by molar-refractivity contribution is 5.92. The van der Waals surface area contributed by atoms with Crippen LogP contribution in [0.15, 0.2) is 59.5 Å². The normalized spacial score (nSPS) is 10.9. The van der Waals surface area contributed by atoms with Crippen molar-refractivity contribution in [3.8, 4) is 5.69 Å². The Morgan fingerprint density at radius 1 is 0.939 bits per heavy atom. The summed E-state index contributed by atoms with van der Waals surface area (Å²) in [6.07, 6.45) is 1.62. The third-order valence-electron chi connectivity index (χ3n) is 5.21. The monoisotopic (exact) mass is 444 g/mol. The van der Waals surface area contributed by atoms with Crippen molar-refractivity contribution in [1.82, 2.24) is 19.3 Å². The number of carbonyl (C=O) groups excluding carboxylic acids is 2. The van der Waals surface area contributed by atoms with E-state index in [1.165, 1.54) is 17.7 Å². The number of hydrogen-bond donors (Lipinski definition) is 2. The van der Waals surface area contributed by atoms with Gasteiger partial charge in [-0.3, -0.25) is 19.0 Å². The molecule has 33 heavy (non-hydrogen) atoms. The molecule has 2 heterocycles. The lowest BCUT2D eigenvalue weighted by Crippen LogP contribution is -2.26. The van der Waals surface area contributed by atoms with Gasteiger partial charge in [0.1, 0.15) is 11.2 Å². The van der Waals surface area contributed by atoms with Crippen LogP contribution in [0.5, 0.6) is 0 Å². The minimum atomic E-state index is -0.233. The van der Waals surface area contributed by atoms with Crippen molar-refractivity contribution in [3.05, 3.63) is 76.5 Å². The molecule has 0 radical (unpaired) electrons. The SMILES string of the molecule is CC(=O)Nc1ccc(NC(=O)CCn2c(C)nc3c(cnn3-c3ccc(C)cc3)c2=O)cc1. The van der Waals surface area contributed by atoms with Gasteiger partial charge in [0.05, 0.1) is 11.9 Å². The average molecular weight is 444 g/mol. The van der Waals surface area contributed by atoms with E-state index in [2.05, 4.69) is 20.7 Å². The number of nitrogens with zero attached hydrogens (tertiary/aromatic N) is 4. The van der Waals surface area contributed by atoms with E-state index in [4.69, 9.17) is 0 Å². The molecule has 0 aliphatic heterocycles. The zero-order chi connectivity index (χ0) is 23.5. The van der Waals surface area contributed by atoms with Gasteiger partial charge < -0.3 is 10.6 Å². The topological polar surface area (TPSA) is 111 Å². The first-order chi connectivity index (χ1) is 15.8. The second-order valence-electron chi connectivity index (χ2n) is 7.80. The third-order valence-corrected chi connectivity index (χ3v) is 5.21. The van der Waals surface area contributed by atoms with Crippen molar-refractivity contribution in [3.63, 3.8) is 0 Å². The molecule has 4 rings (SSSR count). The second kappa shape index (κ2) is 9.07. The van der Waals surface area contributed by atoms with Crippen molar-refractivity contribution in [2.45, 2.75) is 33.7 Å². The molecule has 0 unspecified atom stereocenters. The molecule has 0 fully saturated rings. The third kappa shape index (κ3) is 4.82. The molecule has 0 bridgehead atoms. The number of rotatable bonds is 6. The van der Waals surface area contributed by atoms with Crippen LogP contribution in [0.1, 0.15) is 24.7 Å². The molecular weight excluding hydrogens is 420 g/mol. The Balaban J connectivity index is 1.48. The number of hydrogen-bond acceptors (Lipinski definition) is 5. The van der Waals surface area contributed by atoms with Gasteiger partial charge in [0.25, 0.3) is 5.56 Å². The van der Waals surface area contributed by atoms with E-state index in [1.54, 1.807) is 35.9 Å². The minimum absolute atomic E-state index is 0.105. The standard InChI is InChI=1S/C24H24N6O3/c1-15-4-10-20(11-5-15)30-23-21(14-25-30)24(33)29(16(2)26-23)13-12-22(32)28-19-8-6-18(7-9-19)27-17(3)31/h4-11,14H,12-13H2,1-3H3,(H,27,31)(H,28,32). The fourth-order valence-corrected chi connectivity index (χ4v) is 3.52. The summed E-state index contributed by atoms with van der Waals surface area (Å²) in [4.78, 5) is 41.2. The smallest absolute Gasteiger partial charge is 0.264 e. The summed E-state index contributed by atoms with van der Waals surface area (Å²) in [6.45, 7) is 5.37. The maximum atomic E-state index is 13.0. The summed E-state index contributed by atoms with van der Waals surface area (Å²) < 4.78 is 3.13. The number of carbonyl (C=O) groups is 2. The molecular formula is C24H24N6O3. The molecule has 2 aromatic heterocycles. The van der Waals surface area contributed by atoms with Gasteiger partial charge >= 0.3 is 0 Å². The lowest BCUT2D eigenvalue weighted by Gasteiger charge is -2.11. The molecule has 0 atom stereocenters. The van der Waals surface area contributed by atoms with Crippen molar-refractivity contribution >= 4 is 34.2 Å². The minimum Gasteiger partial charge on any atom is -0.326 e. The van der Waals surface area contributed by atoms with Gasteiger partial charge in [0.2, 0.25) is 11.8 Å². The molecule has 0 aliphatic rings. The van der Waals surface area contributed by atoms with Crippen LogP contribution in [-0.4, -0.2) is 31.1 Å². The van der Waals surface area contributed by atoms with Crippen LogP contribution in [0.4, 0.5) is 11.4 Å². The van der Waals surface area contributed by atoms with Gasteiger partial charge in [-0.15, -0.1) is 0 Å². The largest absolute Gasteiger partial charge is 0.326 e. The Kier molecular flexibility index (Phi) is 6.03. The maximum Gasteiger partial charge on any atom is 0.264 e. The van der Waals surface area contributed by atoms with Crippen LogP contribution in [0.3, 0.4) is 0 Å². The first-order valence-corrected chi connectivity index (χ1v) is 10.5. The summed E-state index contributed by atoms with van der Waals surface area (Å²) in [7, 11) is 0. The Bertz CT molecular complexity index is 1380. The lowest BCUT2D eigenvalue weighted by molar-refractivity contribution is -0.116. The van der Waals surface area contributed by atoms with Gasteiger partial charge in [0, 0.05) is 31.3 Å². The predicted octanol–water partition coefficient (Wildman–Crippen LogP) is 3.19. The molecule has 0 aliphatic carbocycles. The molecule has 0 saturated carbocycles. The van der Waals surface area contributed by atoms with Crippen molar-refractivity contribution < 1.29 is 9.59 Å². The number of anilines is 2. The van der Waals surface area contributed by atoms with E-state index >= 15 is 0 Å². The summed E-state index contributed by atoms with van der Waals surface area (Å²) in [6, 6.07) is 14.6. The number of aryl methyl sites for hydroxylation is 2. The van der Waals surface area contributed by atoms with Crippen LogP contribution in [0.2, 0.25) is 0 Å². The Morgan fingerprint density at radius 2 is 1.58 bits per heavy atom. The molecule has 0 spiro atoms. The van der Waals surface area contributed by atoms with E-state index in [0.29, 0.717) is 28.2 Å². The number of amides is 2. The van der Waals surface area contributed by atoms with Crippen LogP contribution in [-0.2, 0) is 16.1 Å². The highest BCUT2D eigenvalue weighted by atomic mass is 16.2. The average Bonchev–Trinajstić information content (AvgIpc) is 3.19. The van der Waals surface area contributed by atoms with Crippen LogP contribution >= 0.6 is 0 Å². The summed E-state index contributed by atoms with van der Waals surface area (Å²) in [5, 5.41) is 10.2. The Morgan fingerprint density at radius 3 is 2.21 bits per heavy atom. The van der Waals surface area contributed by atoms with E-state index in [9.17, 15) is 14.4 Å². The fourth-order valence-electron chi connectivity index (χ4n) is 3.52. The van der Waals surface area contributed by atoms with Gasteiger partial charge in [-0.25, -0.2) is 9.67 Å². The van der Waals surface area contributed by atoms with Crippen LogP contribution < -0.4 is 16.2 Å². The Hall–Kier alpha value is -4.27. The maximum absolute atomic E-state index is 13.0. The van der Waals surface area contributed by atoms with Gasteiger partial charge in [-0.2, -0.15) is 5.10 Å². The molecule has 168 valence electrons. The predicted molar refractivity (Wildman–Crippen MR) is 127 cm³/mol. The molecule has 9 heteroatoms. The zero-order valence-electron chi connectivity index (χ0n) is 18.6. The molecule has 9 nitrogen and oxygen atoms in total.